The number of rotatable bonds is 11. The van der Waals surface area contributed by atoms with E-state index in [9.17, 15) is 27.9 Å². The van der Waals surface area contributed by atoms with E-state index in [2.05, 4.69) is 10.4 Å². The van der Waals surface area contributed by atoms with Crippen molar-refractivity contribution in [3.05, 3.63) is 65.2 Å². The van der Waals surface area contributed by atoms with Crippen LogP contribution in [0, 0.1) is 5.92 Å². The summed E-state index contributed by atoms with van der Waals surface area (Å²) in [5.74, 6) is -2.01. The molecule has 2 atom stereocenters. The van der Waals surface area contributed by atoms with Crippen molar-refractivity contribution in [3.8, 4) is 5.75 Å². The summed E-state index contributed by atoms with van der Waals surface area (Å²) in [5.41, 5.74) is 0.183. The van der Waals surface area contributed by atoms with Crippen LogP contribution in [0.2, 0.25) is 0 Å². The van der Waals surface area contributed by atoms with E-state index in [1.165, 1.54) is 12.1 Å². The SMILES string of the molecule is CCCCn1c(CCOc2cnn(C)c2)ccc1C(=O)Nc1cc([C@H]2C[C@H]2C(=O)O)ccc1C(F)(F)F. The van der Waals surface area contributed by atoms with Gasteiger partial charge >= 0.3 is 12.1 Å². The number of amides is 1. The molecule has 1 aromatic carbocycles. The lowest BCUT2D eigenvalue weighted by atomic mass is 10.0. The lowest BCUT2D eigenvalue weighted by molar-refractivity contribution is -0.139. The monoisotopic (exact) mass is 518 g/mol. The van der Waals surface area contributed by atoms with E-state index in [-0.39, 0.29) is 17.3 Å². The van der Waals surface area contributed by atoms with Crippen molar-refractivity contribution >= 4 is 17.6 Å². The molecule has 0 saturated heterocycles. The molecule has 1 saturated carbocycles. The Balaban J connectivity index is 1.55. The molecule has 2 aromatic heterocycles. The number of anilines is 1. The van der Waals surface area contributed by atoms with Crippen molar-refractivity contribution in [2.24, 2.45) is 13.0 Å². The third-order valence-electron chi connectivity index (χ3n) is 6.48. The van der Waals surface area contributed by atoms with Crippen LogP contribution in [-0.4, -0.2) is 37.9 Å². The molecule has 198 valence electrons. The number of aromatic nitrogens is 3. The maximum absolute atomic E-state index is 13.7. The fraction of sp³-hybridized carbons (Fsp3) is 0.423. The number of aliphatic carboxylic acids is 1. The minimum atomic E-state index is -4.68. The summed E-state index contributed by atoms with van der Waals surface area (Å²) in [5, 5.41) is 15.7. The van der Waals surface area contributed by atoms with Crippen molar-refractivity contribution in [3.63, 3.8) is 0 Å². The number of nitrogens with one attached hydrogen (secondary N) is 1. The molecule has 0 aliphatic heterocycles. The number of carbonyl (C=O) groups is 2. The second-order valence-electron chi connectivity index (χ2n) is 9.21. The van der Waals surface area contributed by atoms with Crippen LogP contribution in [0.1, 0.15) is 59.4 Å². The minimum Gasteiger partial charge on any atom is -0.490 e. The van der Waals surface area contributed by atoms with Gasteiger partial charge in [0.2, 0.25) is 0 Å². The van der Waals surface area contributed by atoms with Crippen LogP contribution in [0.4, 0.5) is 18.9 Å². The number of unbranched alkanes of at least 4 members (excludes halogenated alkanes) is 1. The van der Waals surface area contributed by atoms with Gasteiger partial charge < -0.3 is 19.7 Å². The molecule has 3 aromatic rings. The van der Waals surface area contributed by atoms with Gasteiger partial charge in [0.25, 0.3) is 5.91 Å². The summed E-state index contributed by atoms with van der Waals surface area (Å²) in [4.78, 5) is 24.5. The first-order chi connectivity index (χ1) is 17.6. The van der Waals surface area contributed by atoms with Crippen LogP contribution < -0.4 is 10.1 Å². The van der Waals surface area contributed by atoms with Gasteiger partial charge in [-0.05, 0) is 48.6 Å². The van der Waals surface area contributed by atoms with Crippen LogP contribution in [0.3, 0.4) is 0 Å². The van der Waals surface area contributed by atoms with E-state index < -0.39 is 29.5 Å². The number of carboxylic acid groups (broad SMARTS) is 1. The Morgan fingerprint density at radius 3 is 2.65 bits per heavy atom. The summed E-state index contributed by atoms with van der Waals surface area (Å²) in [6, 6.07) is 6.81. The molecule has 1 aliphatic carbocycles. The highest BCUT2D eigenvalue weighted by Crippen LogP contribution is 2.49. The van der Waals surface area contributed by atoms with E-state index in [0.717, 1.165) is 24.6 Å². The number of benzene rings is 1. The zero-order valence-corrected chi connectivity index (χ0v) is 20.6. The van der Waals surface area contributed by atoms with E-state index >= 15 is 0 Å². The second kappa shape index (κ2) is 10.7. The Morgan fingerprint density at radius 2 is 2.03 bits per heavy atom. The summed E-state index contributed by atoms with van der Waals surface area (Å²) in [6.07, 6.45) is 1.16. The van der Waals surface area contributed by atoms with Crippen LogP contribution in [0.25, 0.3) is 0 Å². The molecule has 1 aliphatic rings. The molecule has 11 heteroatoms. The van der Waals surface area contributed by atoms with E-state index in [0.29, 0.717) is 37.3 Å². The first-order valence-corrected chi connectivity index (χ1v) is 12.1. The predicted octanol–water partition coefficient (Wildman–Crippen LogP) is 5.10. The van der Waals surface area contributed by atoms with Crippen LogP contribution in [0.5, 0.6) is 5.75 Å². The van der Waals surface area contributed by atoms with Gasteiger partial charge in [0.15, 0.2) is 5.75 Å². The first kappa shape index (κ1) is 26.3. The Morgan fingerprint density at radius 1 is 1.24 bits per heavy atom. The number of halogens is 3. The van der Waals surface area contributed by atoms with E-state index in [1.54, 1.807) is 36.3 Å². The van der Waals surface area contributed by atoms with Crippen molar-refractivity contribution < 1.29 is 32.6 Å². The van der Waals surface area contributed by atoms with Crippen LogP contribution >= 0.6 is 0 Å². The fourth-order valence-electron chi connectivity index (χ4n) is 4.42. The highest BCUT2D eigenvalue weighted by Gasteiger charge is 2.45. The van der Waals surface area contributed by atoms with Crippen LogP contribution in [-0.2, 0) is 31.0 Å². The molecule has 1 amide bonds. The van der Waals surface area contributed by atoms with Gasteiger partial charge in [0.05, 0.1) is 36.2 Å². The summed E-state index contributed by atoms with van der Waals surface area (Å²) >= 11 is 0. The number of aryl methyl sites for hydroxylation is 1. The molecule has 2 N–H and O–H groups in total. The van der Waals surface area contributed by atoms with Crippen molar-refractivity contribution in [1.82, 2.24) is 14.3 Å². The fourth-order valence-corrected chi connectivity index (χ4v) is 4.42. The second-order valence-corrected chi connectivity index (χ2v) is 9.21. The maximum Gasteiger partial charge on any atom is 0.418 e. The summed E-state index contributed by atoms with van der Waals surface area (Å²) in [7, 11) is 1.78. The smallest absolute Gasteiger partial charge is 0.418 e. The van der Waals surface area contributed by atoms with Crippen molar-refractivity contribution in [1.29, 1.82) is 0 Å². The Bertz CT molecular complexity index is 1280. The molecule has 0 bridgehead atoms. The normalized spacial score (nSPS) is 17.0. The number of alkyl halides is 3. The Labute approximate surface area is 212 Å². The molecule has 0 radical (unpaired) electrons. The number of nitrogens with zero attached hydrogens (tertiary/aromatic N) is 3. The standard InChI is InChI=1S/C26H29F3N4O4/c1-3-4-10-33-17(9-11-37-18-14-30-32(2)15-18)6-8-23(33)24(34)31-22-12-16(19-13-20(19)25(35)36)5-7-21(22)26(27,28)29/h5-8,12,14-15,19-20H,3-4,9-11,13H2,1-2H3,(H,31,34)(H,35,36)/t19-,20-/m1/s1. The highest BCUT2D eigenvalue weighted by atomic mass is 19.4. The highest BCUT2D eigenvalue weighted by molar-refractivity contribution is 6.04. The number of ether oxygens (including phenoxy) is 1. The first-order valence-electron chi connectivity index (χ1n) is 12.1. The lowest BCUT2D eigenvalue weighted by Gasteiger charge is -2.17. The average molecular weight is 519 g/mol. The quantitative estimate of drug-likeness (QED) is 0.368. The summed E-state index contributed by atoms with van der Waals surface area (Å²) < 4.78 is 50.3. The average Bonchev–Trinajstić information content (AvgIpc) is 3.39. The number of carboxylic acids is 1. The Hall–Kier alpha value is -3.76. The topological polar surface area (TPSA) is 98.4 Å². The molecule has 8 nitrogen and oxygen atoms in total. The van der Waals surface area contributed by atoms with Gasteiger partial charge in [-0.3, -0.25) is 14.3 Å². The van der Waals surface area contributed by atoms with Gasteiger partial charge in [0.1, 0.15) is 5.69 Å². The summed E-state index contributed by atoms with van der Waals surface area (Å²) in [6.45, 7) is 2.89. The van der Waals surface area contributed by atoms with Gasteiger partial charge in [0, 0.05) is 25.7 Å². The third-order valence-corrected chi connectivity index (χ3v) is 6.48. The van der Waals surface area contributed by atoms with Gasteiger partial charge in [-0.1, -0.05) is 19.4 Å². The molecular weight excluding hydrogens is 489 g/mol. The number of hydrogen-bond acceptors (Lipinski definition) is 4. The van der Waals surface area contributed by atoms with Gasteiger partial charge in [-0.2, -0.15) is 18.3 Å². The lowest BCUT2D eigenvalue weighted by Crippen LogP contribution is -2.21. The molecule has 37 heavy (non-hydrogen) atoms. The zero-order chi connectivity index (χ0) is 26.7. The minimum absolute atomic E-state index is 0.248. The molecule has 1 fully saturated rings. The van der Waals surface area contributed by atoms with Gasteiger partial charge in [-0.25, -0.2) is 0 Å². The predicted molar refractivity (Wildman–Crippen MR) is 130 cm³/mol. The molecule has 0 spiro atoms. The largest absolute Gasteiger partial charge is 0.490 e. The molecule has 2 heterocycles. The van der Waals surface area contributed by atoms with E-state index in [1.807, 2.05) is 11.5 Å². The molecule has 0 unspecified atom stereocenters. The van der Waals surface area contributed by atoms with Crippen LogP contribution in [0.15, 0.2) is 42.7 Å². The Kier molecular flexibility index (Phi) is 7.60. The van der Waals surface area contributed by atoms with Gasteiger partial charge in [-0.15, -0.1) is 0 Å². The molecular formula is C26H29F3N4O4. The number of hydrogen-bond donors (Lipinski definition) is 2. The van der Waals surface area contributed by atoms with Crippen molar-refractivity contribution in [2.75, 3.05) is 11.9 Å². The van der Waals surface area contributed by atoms with Crippen molar-refractivity contribution in [2.45, 2.75) is 51.2 Å². The third kappa shape index (κ3) is 6.15. The zero-order valence-electron chi connectivity index (χ0n) is 20.6. The number of carbonyl (C=O) groups excluding carboxylic acids is 1. The van der Waals surface area contributed by atoms with E-state index in [4.69, 9.17) is 4.74 Å². The maximum atomic E-state index is 13.7. The molecule has 4 rings (SSSR count).